The van der Waals surface area contributed by atoms with Gasteiger partial charge in [0.15, 0.2) is 5.13 Å². The average Bonchev–Trinajstić information content (AvgIpc) is 3.25. The molecule has 0 aliphatic rings. The molecule has 0 saturated heterocycles. The van der Waals surface area contributed by atoms with Gasteiger partial charge in [-0.3, -0.25) is 14.7 Å². The Hall–Kier alpha value is -3.67. The number of thiazole rings is 1. The summed E-state index contributed by atoms with van der Waals surface area (Å²) in [4.78, 5) is 23.0. The van der Waals surface area contributed by atoms with Gasteiger partial charge in [-0.05, 0) is 55.5 Å². The maximum Gasteiger partial charge on any atom is 0.416 e. The van der Waals surface area contributed by atoms with Crippen molar-refractivity contribution < 1.29 is 35.9 Å². The van der Waals surface area contributed by atoms with Gasteiger partial charge in [-0.2, -0.15) is 26.3 Å². The maximum atomic E-state index is 13.5. The number of halogens is 6. The first-order valence-corrected chi connectivity index (χ1v) is 11.3. The Morgan fingerprint density at radius 1 is 0.972 bits per heavy atom. The zero-order valence-electron chi connectivity index (χ0n) is 18.5. The summed E-state index contributed by atoms with van der Waals surface area (Å²) in [5.41, 5.74) is -3.09. The fourth-order valence-electron chi connectivity index (χ4n) is 3.38. The van der Waals surface area contributed by atoms with E-state index in [4.69, 9.17) is 4.74 Å². The number of aromatic nitrogens is 2. The highest BCUT2D eigenvalue weighted by Crippen LogP contribution is 2.38. The SMILES string of the molecule is CCOc1ccc2nc(N(Cc3ccccn3)C(=O)c3cc(C(F)(F)F)cc(C(F)(F)F)c3)sc2c1. The van der Waals surface area contributed by atoms with Crippen LogP contribution in [-0.4, -0.2) is 22.5 Å². The van der Waals surface area contributed by atoms with Gasteiger partial charge in [0, 0.05) is 11.8 Å². The Labute approximate surface area is 205 Å². The molecule has 0 saturated carbocycles. The van der Waals surface area contributed by atoms with Crippen LogP contribution in [0.2, 0.25) is 0 Å². The molecule has 0 aliphatic carbocycles. The van der Waals surface area contributed by atoms with Gasteiger partial charge in [0.25, 0.3) is 5.91 Å². The lowest BCUT2D eigenvalue weighted by Crippen LogP contribution is -2.31. The number of alkyl halides is 6. The van der Waals surface area contributed by atoms with Crippen LogP contribution >= 0.6 is 11.3 Å². The Morgan fingerprint density at radius 3 is 2.25 bits per heavy atom. The van der Waals surface area contributed by atoms with Crippen LogP contribution in [0.1, 0.15) is 34.1 Å². The van der Waals surface area contributed by atoms with E-state index in [-0.39, 0.29) is 17.7 Å². The summed E-state index contributed by atoms with van der Waals surface area (Å²) < 4.78 is 86.4. The van der Waals surface area contributed by atoms with Crippen LogP contribution in [0.3, 0.4) is 0 Å². The van der Waals surface area contributed by atoms with Crippen LogP contribution in [0.15, 0.2) is 60.8 Å². The van der Waals surface area contributed by atoms with Crippen LogP contribution in [0, 0.1) is 0 Å². The topological polar surface area (TPSA) is 55.3 Å². The van der Waals surface area contributed by atoms with Crippen LogP contribution in [-0.2, 0) is 18.9 Å². The van der Waals surface area contributed by atoms with Gasteiger partial charge in [-0.25, -0.2) is 4.98 Å². The van der Waals surface area contributed by atoms with Crippen molar-refractivity contribution in [1.82, 2.24) is 9.97 Å². The van der Waals surface area contributed by atoms with E-state index in [2.05, 4.69) is 9.97 Å². The standard InChI is InChI=1S/C24H17F6N3O2S/c1-2-35-18-6-7-19-20(12-18)36-22(32-19)33(13-17-5-3-4-8-31-17)21(34)14-9-15(23(25,26)27)11-16(10-14)24(28,29)30/h3-12H,2,13H2,1H3. The lowest BCUT2D eigenvalue weighted by Gasteiger charge is -2.21. The summed E-state index contributed by atoms with van der Waals surface area (Å²) in [5.74, 6) is -0.531. The zero-order valence-corrected chi connectivity index (χ0v) is 19.3. The predicted octanol–water partition coefficient (Wildman–Crippen LogP) is 6.97. The Morgan fingerprint density at radius 2 is 1.67 bits per heavy atom. The number of benzene rings is 2. The second-order valence-corrected chi connectivity index (χ2v) is 8.58. The molecule has 1 amide bonds. The highest BCUT2D eigenvalue weighted by Gasteiger charge is 2.38. The highest BCUT2D eigenvalue weighted by molar-refractivity contribution is 7.22. The van der Waals surface area contributed by atoms with Crippen LogP contribution in [0.4, 0.5) is 31.5 Å². The van der Waals surface area contributed by atoms with Crippen molar-refractivity contribution in [1.29, 1.82) is 0 Å². The van der Waals surface area contributed by atoms with Crippen LogP contribution in [0.5, 0.6) is 5.75 Å². The first-order chi connectivity index (χ1) is 17.0. The number of anilines is 1. The third-order valence-corrected chi connectivity index (χ3v) is 6.06. The number of carbonyl (C=O) groups excluding carboxylic acids is 1. The average molecular weight is 525 g/mol. The molecule has 12 heteroatoms. The molecular weight excluding hydrogens is 508 g/mol. The molecule has 188 valence electrons. The van der Waals surface area contributed by atoms with E-state index in [0.29, 0.717) is 40.4 Å². The molecule has 0 bridgehead atoms. The molecule has 0 spiro atoms. The van der Waals surface area contributed by atoms with E-state index < -0.39 is 35.0 Å². The molecule has 0 radical (unpaired) electrons. The number of pyridine rings is 1. The monoisotopic (exact) mass is 525 g/mol. The molecular formula is C24H17F6N3O2S. The molecule has 2 aromatic heterocycles. The molecule has 0 atom stereocenters. The molecule has 0 unspecified atom stereocenters. The van der Waals surface area contributed by atoms with Gasteiger partial charge < -0.3 is 4.74 Å². The second kappa shape index (κ2) is 9.76. The fraction of sp³-hybridized carbons (Fsp3) is 0.208. The van der Waals surface area contributed by atoms with Crippen molar-refractivity contribution in [3.05, 3.63) is 83.2 Å². The molecule has 2 aromatic carbocycles. The molecule has 2 heterocycles. The normalized spacial score (nSPS) is 12.1. The van der Waals surface area contributed by atoms with E-state index in [0.717, 1.165) is 16.2 Å². The van der Waals surface area contributed by atoms with E-state index in [1.54, 1.807) is 43.3 Å². The number of nitrogens with zero attached hydrogens (tertiary/aromatic N) is 3. The molecule has 5 nitrogen and oxygen atoms in total. The Balaban J connectivity index is 1.83. The Kier molecular flexibility index (Phi) is 6.90. The quantitative estimate of drug-likeness (QED) is 0.255. The molecule has 4 rings (SSSR count). The summed E-state index contributed by atoms with van der Waals surface area (Å²) in [5, 5.41) is 0.0836. The zero-order chi connectivity index (χ0) is 26.1. The number of ether oxygens (including phenoxy) is 1. The van der Waals surface area contributed by atoms with Gasteiger partial charge in [0.05, 0.1) is 40.2 Å². The smallest absolute Gasteiger partial charge is 0.416 e. The molecule has 0 N–H and O–H groups in total. The molecule has 36 heavy (non-hydrogen) atoms. The fourth-order valence-corrected chi connectivity index (χ4v) is 4.37. The van der Waals surface area contributed by atoms with Crippen molar-refractivity contribution in [2.24, 2.45) is 0 Å². The highest BCUT2D eigenvalue weighted by atomic mass is 32.1. The summed E-state index contributed by atoms with van der Waals surface area (Å²) >= 11 is 1.05. The van der Waals surface area contributed by atoms with Gasteiger partial charge in [-0.1, -0.05) is 17.4 Å². The minimum atomic E-state index is -5.09. The third-order valence-electron chi connectivity index (χ3n) is 5.02. The van der Waals surface area contributed by atoms with Gasteiger partial charge in [0.1, 0.15) is 5.75 Å². The van der Waals surface area contributed by atoms with Crippen molar-refractivity contribution in [3.8, 4) is 5.75 Å². The second-order valence-electron chi connectivity index (χ2n) is 7.57. The number of carbonyl (C=O) groups is 1. The summed E-state index contributed by atoms with van der Waals surface area (Å²) in [6.07, 6.45) is -8.72. The maximum absolute atomic E-state index is 13.5. The minimum Gasteiger partial charge on any atom is -0.494 e. The minimum absolute atomic E-state index is 0.0210. The first kappa shape index (κ1) is 25.4. The van der Waals surface area contributed by atoms with E-state index >= 15 is 0 Å². The van der Waals surface area contributed by atoms with Crippen molar-refractivity contribution in [2.75, 3.05) is 11.5 Å². The lowest BCUT2D eigenvalue weighted by molar-refractivity contribution is -0.143. The largest absolute Gasteiger partial charge is 0.494 e. The van der Waals surface area contributed by atoms with Crippen molar-refractivity contribution >= 4 is 32.6 Å². The van der Waals surface area contributed by atoms with Crippen molar-refractivity contribution in [3.63, 3.8) is 0 Å². The third kappa shape index (κ3) is 5.59. The molecule has 4 aromatic rings. The number of fused-ring (bicyclic) bond motifs is 1. The van der Waals surface area contributed by atoms with Crippen LogP contribution < -0.4 is 9.64 Å². The summed E-state index contributed by atoms with van der Waals surface area (Å²) in [6.45, 7) is 1.99. The van der Waals surface area contributed by atoms with E-state index in [1.165, 1.54) is 6.20 Å². The van der Waals surface area contributed by atoms with Gasteiger partial charge in [0.2, 0.25) is 0 Å². The van der Waals surface area contributed by atoms with Gasteiger partial charge in [-0.15, -0.1) is 0 Å². The first-order valence-electron chi connectivity index (χ1n) is 10.5. The van der Waals surface area contributed by atoms with Crippen LogP contribution in [0.25, 0.3) is 10.2 Å². The number of rotatable bonds is 6. The van der Waals surface area contributed by atoms with Crippen molar-refractivity contribution in [2.45, 2.75) is 25.8 Å². The van der Waals surface area contributed by atoms with Gasteiger partial charge >= 0.3 is 12.4 Å². The number of hydrogen-bond acceptors (Lipinski definition) is 5. The Bertz CT molecular complexity index is 1350. The summed E-state index contributed by atoms with van der Waals surface area (Å²) in [7, 11) is 0. The predicted molar refractivity (Wildman–Crippen MR) is 122 cm³/mol. The van der Waals surface area contributed by atoms with E-state index in [1.807, 2.05) is 0 Å². The lowest BCUT2D eigenvalue weighted by atomic mass is 10.0. The summed E-state index contributed by atoms with van der Waals surface area (Å²) in [6, 6.07) is 10.6. The number of hydrogen-bond donors (Lipinski definition) is 0. The van der Waals surface area contributed by atoms with E-state index in [9.17, 15) is 31.1 Å². The molecule has 0 aliphatic heterocycles. The number of amides is 1. The molecule has 0 fully saturated rings.